The molecule has 0 bridgehead atoms. The molecular weight excluding hydrogens is 224 g/mol. The summed E-state index contributed by atoms with van der Waals surface area (Å²) in [4.78, 5) is 14.6. The SMILES string of the molecule is CC(=O)c1nc(Br)cc(N)c1O. The van der Waals surface area contributed by atoms with Crippen LogP contribution in [0.15, 0.2) is 10.7 Å². The number of hydrogen-bond acceptors (Lipinski definition) is 4. The Hall–Kier alpha value is -1.10. The maximum absolute atomic E-state index is 10.9. The van der Waals surface area contributed by atoms with E-state index in [4.69, 9.17) is 5.73 Å². The Morgan fingerprint density at radius 1 is 1.75 bits per heavy atom. The average molecular weight is 231 g/mol. The van der Waals surface area contributed by atoms with Crippen LogP contribution in [-0.4, -0.2) is 15.9 Å². The maximum atomic E-state index is 10.9. The van der Waals surface area contributed by atoms with Crippen molar-refractivity contribution in [3.05, 3.63) is 16.4 Å². The summed E-state index contributed by atoms with van der Waals surface area (Å²) in [7, 11) is 0. The molecule has 12 heavy (non-hydrogen) atoms. The van der Waals surface area contributed by atoms with Crippen LogP contribution in [0, 0.1) is 0 Å². The number of anilines is 1. The minimum atomic E-state index is -0.319. The van der Waals surface area contributed by atoms with Gasteiger partial charge in [-0.15, -0.1) is 0 Å². The monoisotopic (exact) mass is 230 g/mol. The van der Waals surface area contributed by atoms with Crippen molar-refractivity contribution in [3.8, 4) is 5.75 Å². The highest BCUT2D eigenvalue weighted by molar-refractivity contribution is 9.10. The number of rotatable bonds is 1. The molecule has 1 aromatic rings. The number of nitrogen functional groups attached to an aromatic ring is 1. The predicted octanol–water partition coefficient (Wildman–Crippen LogP) is 1.33. The average Bonchev–Trinajstić information content (AvgIpc) is 1.96. The molecule has 4 nitrogen and oxygen atoms in total. The van der Waals surface area contributed by atoms with Gasteiger partial charge in [-0.1, -0.05) is 0 Å². The number of halogens is 1. The van der Waals surface area contributed by atoms with E-state index >= 15 is 0 Å². The van der Waals surface area contributed by atoms with Gasteiger partial charge in [0.2, 0.25) is 0 Å². The molecule has 0 spiro atoms. The van der Waals surface area contributed by atoms with Crippen LogP contribution in [0.1, 0.15) is 17.4 Å². The largest absolute Gasteiger partial charge is 0.504 e. The third kappa shape index (κ3) is 1.55. The van der Waals surface area contributed by atoms with Crippen molar-refractivity contribution in [2.24, 2.45) is 0 Å². The number of aromatic nitrogens is 1. The molecule has 0 aliphatic heterocycles. The fourth-order valence-electron chi connectivity index (χ4n) is 0.771. The Morgan fingerprint density at radius 2 is 2.33 bits per heavy atom. The standard InChI is InChI=1S/C7H7BrN2O2/c1-3(11)6-7(12)4(9)2-5(8)10-6/h2,12H,1H3,(H2,9,10). The van der Waals surface area contributed by atoms with Gasteiger partial charge >= 0.3 is 0 Å². The van der Waals surface area contributed by atoms with Gasteiger partial charge in [-0.2, -0.15) is 0 Å². The zero-order chi connectivity index (χ0) is 9.30. The first-order chi connectivity index (χ1) is 5.52. The van der Waals surface area contributed by atoms with Gasteiger partial charge in [0, 0.05) is 6.92 Å². The van der Waals surface area contributed by atoms with Crippen molar-refractivity contribution in [2.45, 2.75) is 6.92 Å². The third-order valence-corrected chi connectivity index (χ3v) is 1.73. The summed E-state index contributed by atoms with van der Waals surface area (Å²) in [5.74, 6) is -0.578. The Kier molecular flexibility index (Phi) is 2.32. The second-order valence-corrected chi connectivity index (χ2v) is 3.10. The molecule has 1 aromatic heterocycles. The molecule has 0 aliphatic rings. The number of carbonyl (C=O) groups is 1. The van der Waals surface area contributed by atoms with Crippen LogP contribution in [-0.2, 0) is 0 Å². The van der Waals surface area contributed by atoms with E-state index in [1.54, 1.807) is 0 Å². The van der Waals surface area contributed by atoms with Crippen LogP contribution < -0.4 is 5.73 Å². The predicted molar refractivity (Wildman–Crippen MR) is 48.0 cm³/mol. The highest BCUT2D eigenvalue weighted by atomic mass is 79.9. The summed E-state index contributed by atoms with van der Waals surface area (Å²) in [5, 5.41) is 9.26. The Morgan fingerprint density at radius 3 is 2.83 bits per heavy atom. The second kappa shape index (κ2) is 3.10. The van der Waals surface area contributed by atoms with Crippen molar-refractivity contribution in [1.82, 2.24) is 4.98 Å². The number of nitrogens with zero attached hydrogens (tertiary/aromatic N) is 1. The molecule has 0 unspecified atom stereocenters. The summed E-state index contributed by atoms with van der Waals surface area (Å²) in [6.45, 7) is 1.31. The molecule has 0 aromatic carbocycles. The van der Waals surface area contributed by atoms with E-state index in [0.717, 1.165) is 0 Å². The third-order valence-electron chi connectivity index (χ3n) is 1.32. The van der Waals surface area contributed by atoms with E-state index in [9.17, 15) is 9.90 Å². The molecule has 0 atom stereocenters. The first kappa shape index (κ1) is 8.99. The number of ketones is 1. The fraction of sp³-hybridized carbons (Fsp3) is 0.143. The van der Waals surface area contributed by atoms with Crippen LogP contribution in [0.5, 0.6) is 5.75 Å². The van der Waals surface area contributed by atoms with Crippen molar-refractivity contribution >= 4 is 27.4 Å². The second-order valence-electron chi connectivity index (χ2n) is 2.29. The van der Waals surface area contributed by atoms with Gasteiger partial charge in [0.1, 0.15) is 4.60 Å². The smallest absolute Gasteiger partial charge is 0.182 e. The van der Waals surface area contributed by atoms with Crippen LogP contribution >= 0.6 is 15.9 Å². The van der Waals surface area contributed by atoms with Crippen molar-refractivity contribution in [2.75, 3.05) is 5.73 Å². The Labute approximate surface area is 77.5 Å². The molecule has 0 fully saturated rings. The highest BCUT2D eigenvalue weighted by Crippen LogP contribution is 2.26. The minimum Gasteiger partial charge on any atom is -0.504 e. The van der Waals surface area contributed by atoms with Crippen LogP contribution in [0.2, 0.25) is 0 Å². The normalized spacial score (nSPS) is 9.83. The van der Waals surface area contributed by atoms with E-state index in [2.05, 4.69) is 20.9 Å². The molecule has 0 radical (unpaired) electrons. The van der Waals surface area contributed by atoms with E-state index < -0.39 is 0 Å². The lowest BCUT2D eigenvalue weighted by atomic mass is 10.2. The van der Waals surface area contributed by atoms with Gasteiger partial charge in [-0.25, -0.2) is 4.98 Å². The van der Waals surface area contributed by atoms with Crippen molar-refractivity contribution < 1.29 is 9.90 Å². The molecule has 0 aliphatic carbocycles. The molecule has 5 heteroatoms. The molecule has 1 heterocycles. The maximum Gasteiger partial charge on any atom is 0.182 e. The first-order valence-corrected chi connectivity index (χ1v) is 3.97. The molecular formula is C7H7BrN2O2. The van der Waals surface area contributed by atoms with E-state index in [1.165, 1.54) is 13.0 Å². The highest BCUT2D eigenvalue weighted by Gasteiger charge is 2.11. The van der Waals surface area contributed by atoms with Gasteiger partial charge < -0.3 is 10.8 Å². The van der Waals surface area contributed by atoms with Gasteiger partial charge in [0.25, 0.3) is 0 Å². The fourth-order valence-corrected chi connectivity index (χ4v) is 1.19. The Balaban J connectivity index is 3.37. The van der Waals surface area contributed by atoms with Crippen LogP contribution in [0.25, 0.3) is 0 Å². The molecule has 64 valence electrons. The van der Waals surface area contributed by atoms with E-state index in [0.29, 0.717) is 4.60 Å². The van der Waals surface area contributed by atoms with Gasteiger partial charge in [0.05, 0.1) is 5.69 Å². The molecule has 0 saturated heterocycles. The Bertz CT molecular complexity index is 338. The van der Waals surface area contributed by atoms with Crippen LogP contribution in [0.3, 0.4) is 0 Å². The van der Waals surface area contributed by atoms with Crippen molar-refractivity contribution in [3.63, 3.8) is 0 Å². The lowest BCUT2D eigenvalue weighted by molar-refractivity contribution is 0.101. The molecule has 1 rings (SSSR count). The van der Waals surface area contributed by atoms with E-state index in [1.807, 2.05) is 0 Å². The topological polar surface area (TPSA) is 76.2 Å². The van der Waals surface area contributed by atoms with Crippen molar-refractivity contribution in [1.29, 1.82) is 0 Å². The molecule has 0 saturated carbocycles. The lowest BCUT2D eigenvalue weighted by Gasteiger charge is -2.02. The number of hydrogen-bond donors (Lipinski definition) is 2. The summed E-state index contributed by atoms with van der Waals surface area (Å²) in [6, 6.07) is 1.43. The lowest BCUT2D eigenvalue weighted by Crippen LogP contribution is -2.00. The number of pyridine rings is 1. The van der Waals surface area contributed by atoms with Gasteiger partial charge in [-0.05, 0) is 22.0 Å². The summed E-state index contributed by atoms with van der Waals surface area (Å²) in [6.07, 6.45) is 0. The summed E-state index contributed by atoms with van der Waals surface area (Å²) >= 11 is 3.06. The van der Waals surface area contributed by atoms with Gasteiger partial charge in [-0.3, -0.25) is 4.79 Å². The molecule has 3 N–H and O–H groups in total. The number of nitrogens with two attached hydrogens (primary N) is 1. The van der Waals surface area contributed by atoms with E-state index in [-0.39, 0.29) is 22.9 Å². The zero-order valence-electron chi connectivity index (χ0n) is 6.34. The summed E-state index contributed by atoms with van der Waals surface area (Å²) in [5.41, 5.74) is 5.52. The molecule has 0 amide bonds. The quantitative estimate of drug-likeness (QED) is 0.564. The number of Topliss-reactive ketones (excluding diaryl/α,β-unsaturated/α-hetero) is 1. The zero-order valence-corrected chi connectivity index (χ0v) is 7.92. The first-order valence-electron chi connectivity index (χ1n) is 3.18. The summed E-state index contributed by atoms with van der Waals surface area (Å²) < 4.78 is 0.433. The van der Waals surface area contributed by atoms with Gasteiger partial charge in [0.15, 0.2) is 17.2 Å². The minimum absolute atomic E-state index is 0.0122. The van der Waals surface area contributed by atoms with Crippen LogP contribution in [0.4, 0.5) is 5.69 Å². The number of carbonyl (C=O) groups excluding carboxylic acids is 1. The number of aromatic hydroxyl groups is 1.